The standard InChI is InChI=1S/C11H10ClN3O2/c12-7-10(16)13-9-6-11(17)15(14-9)8-4-2-1-3-5-8/h1-5H,6-7H2,(H,13,14,16). The molecular weight excluding hydrogens is 242 g/mol. The fourth-order valence-electron chi connectivity index (χ4n) is 1.46. The van der Waals surface area contributed by atoms with E-state index in [9.17, 15) is 9.59 Å². The van der Waals surface area contributed by atoms with Crippen molar-refractivity contribution in [2.24, 2.45) is 5.10 Å². The molecule has 0 radical (unpaired) electrons. The summed E-state index contributed by atoms with van der Waals surface area (Å²) in [6.07, 6.45) is 0.0809. The van der Waals surface area contributed by atoms with Crippen molar-refractivity contribution in [1.82, 2.24) is 5.32 Å². The highest BCUT2D eigenvalue weighted by Gasteiger charge is 2.25. The number of amidine groups is 1. The van der Waals surface area contributed by atoms with E-state index in [1.165, 1.54) is 5.01 Å². The summed E-state index contributed by atoms with van der Waals surface area (Å²) in [6, 6.07) is 9.02. The third kappa shape index (κ3) is 2.62. The minimum Gasteiger partial charge on any atom is -0.311 e. The number of anilines is 1. The highest BCUT2D eigenvalue weighted by atomic mass is 35.5. The first-order chi connectivity index (χ1) is 8.20. The second-order valence-electron chi connectivity index (χ2n) is 3.45. The van der Waals surface area contributed by atoms with E-state index in [0.717, 1.165) is 0 Å². The molecule has 0 saturated heterocycles. The lowest BCUT2D eigenvalue weighted by atomic mass is 10.3. The average Bonchev–Trinajstić information content (AvgIpc) is 2.71. The summed E-state index contributed by atoms with van der Waals surface area (Å²) in [5, 5.41) is 7.78. The zero-order chi connectivity index (χ0) is 12.3. The average molecular weight is 252 g/mol. The second kappa shape index (κ2) is 4.97. The maximum Gasteiger partial charge on any atom is 0.255 e. The van der Waals surface area contributed by atoms with Crippen LogP contribution in [0.15, 0.2) is 35.4 Å². The molecule has 0 atom stereocenters. The van der Waals surface area contributed by atoms with Crippen molar-refractivity contribution in [2.75, 3.05) is 10.9 Å². The Morgan fingerprint density at radius 3 is 2.76 bits per heavy atom. The Balaban J connectivity index is 2.15. The van der Waals surface area contributed by atoms with Crippen molar-refractivity contribution < 1.29 is 9.59 Å². The number of carbonyl (C=O) groups excluding carboxylic acids is 2. The van der Waals surface area contributed by atoms with E-state index < -0.39 is 0 Å². The molecule has 1 aliphatic heterocycles. The quantitative estimate of drug-likeness (QED) is 0.800. The van der Waals surface area contributed by atoms with Gasteiger partial charge in [-0.25, -0.2) is 0 Å². The molecule has 5 nitrogen and oxygen atoms in total. The first kappa shape index (κ1) is 11.6. The topological polar surface area (TPSA) is 61.8 Å². The third-order valence-electron chi connectivity index (χ3n) is 2.18. The molecule has 1 aliphatic rings. The number of para-hydroxylation sites is 1. The molecule has 1 aromatic carbocycles. The molecule has 0 unspecified atom stereocenters. The Bertz CT molecular complexity index is 473. The van der Waals surface area contributed by atoms with Crippen LogP contribution in [0.25, 0.3) is 0 Å². The third-order valence-corrected chi connectivity index (χ3v) is 2.42. The van der Waals surface area contributed by atoms with E-state index in [4.69, 9.17) is 11.6 Å². The first-order valence-corrected chi connectivity index (χ1v) is 5.55. The van der Waals surface area contributed by atoms with E-state index >= 15 is 0 Å². The summed E-state index contributed by atoms with van der Waals surface area (Å²) in [6.45, 7) is 0. The fraction of sp³-hybridized carbons (Fsp3) is 0.182. The molecule has 2 amide bonds. The molecular formula is C11H10ClN3O2. The van der Waals surface area contributed by atoms with Crippen LogP contribution in [0.3, 0.4) is 0 Å². The van der Waals surface area contributed by atoms with Gasteiger partial charge in [0.15, 0.2) is 0 Å². The van der Waals surface area contributed by atoms with Gasteiger partial charge in [-0.1, -0.05) is 18.2 Å². The van der Waals surface area contributed by atoms with Crippen LogP contribution < -0.4 is 10.3 Å². The maximum atomic E-state index is 11.7. The molecule has 1 aromatic rings. The Kier molecular flexibility index (Phi) is 3.39. The van der Waals surface area contributed by atoms with Crippen LogP contribution in [0.4, 0.5) is 5.69 Å². The van der Waals surface area contributed by atoms with Crippen molar-refractivity contribution in [3.63, 3.8) is 0 Å². The highest BCUT2D eigenvalue weighted by Crippen LogP contribution is 2.18. The number of hydrogen-bond donors (Lipinski definition) is 1. The van der Waals surface area contributed by atoms with Gasteiger partial charge < -0.3 is 5.32 Å². The van der Waals surface area contributed by atoms with Gasteiger partial charge in [0, 0.05) is 0 Å². The van der Waals surface area contributed by atoms with Crippen molar-refractivity contribution >= 4 is 34.9 Å². The Morgan fingerprint density at radius 1 is 1.41 bits per heavy atom. The van der Waals surface area contributed by atoms with Crippen LogP contribution in [0, 0.1) is 0 Å². The van der Waals surface area contributed by atoms with Crippen LogP contribution in [0.1, 0.15) is 6.42 Å². The van der Waals surface area contributed by atoms with Gasteiger partial charge >= 0.3 is 0 Å². The van der Waals surface area contributed by atoms with Gasteiger partial charge in [0.25, 0.3) is 5.91 Å². The van der Waals surface area contributed by atoms with Crippen molar-refractivity contribution in [3.8, 4) is 0 Å². The number of amides is 2. The number of benzene rings is 1. The lowest BCUT2D eigenvalue weighted by Crippen LogP contribution is -2.30. The summed E-state index contributed by atoms with van der Waals surface area (Å²) in [5.41, 5.74) is 0.674. The number of nitrogens with one attached hydrogen (secondary N) is 1. The second-order valence-corrected chi connectivity index (χ2v) is 3.71. The van der Waals surface area contributed by atoms with Gasteiger partial charge in [0.05, 0.1) is 12.1 Å². The Labute approximate surface area is 103 Å². The van der Waals surface area contributed by atoms with Gasteiger partial charge in [-0.3, -0.25) is 9.59 Å². The van der Waals surface area contributed by atoms with Crippen LogP contribution >= 0.6 is 11.6 Å². The molecule has 6 heteroatoms. The van der Waals surface area contributed by atoms with E-state index in [-0.39, 0.29) is 24.1 Å². The summed E-state index contributed by atoms with van der Waals surface area (Å²) in [7, 11) is 0. The zero-order valence-corrected chi connectivity index (χ0v) is 9.65. The van der Waals surface area contributed by atoms with Crippen LogP contribution in [0.2, 0.25) is 0 Å². The van der Waals surface area contributed by atoms with Crippen LogP contribution in [-0.2, 0) is 9.59 Å². The number of nitrogens with zero attached hydrogens (tertiary/aromatic N) is 2. The van der Waals surface area contributed by atoms with Crippen molar-refractivity contribution in [1.29, 1.82) is 0 Å². The number of alkyl halides is 1. The van der Waals surface area contributed by atoms with Gasteiger partial charge in [-0.2, -0.15) is 10.1 Å². The minimum atomic E-state index is -0.367. The molecule has 0 aromatic heterocycles. The normalized spacial score (nSPS) is 14.8. The summed E-state index contributed by atoms with van der Waals surface area (Å²) < 4.78 is 0. The fourth-order valence-corrected chi connectivity index (χ4v) is 1.53. The monoisotopic (exact) mass is 251 g/mol. The predicted octanol–water partition coefficient (Wildman–Crippen LogP) is 1.09. The Hall–Kier alpha value is -1.88. The van der Waals surface area contributed by atoms with E-state index in [1.807, 2.05) is 18.2 Å². The predicted molar refractivity (Wildman–Crippen MR) is 64.8 cm³/mol. The molecule has 0 spiro atoms. The number of hydrazone groups is 1. The lowest BCUT2D eigenvalue weighted by molar-refractivity contribution is -0.117. The Morgan fingerprint density at radius 2 is 2.12 bits per heavy atom. The SMILES string of the molecule is O=C(CCl)NC1=NN(c2ccccc2)C(=O)C1. The molecule has 0 fully saturated rings. The number of halogens is 1. The van der Waals surface area contributed by atoms with Gasteiger partial charge in [-0.05, 0) is 12.1 Å². The van der Waals surface area contributed by atoms with Crippen LogP contribution in [-0.4, -0.2) is 23.5 Å². The molecule has 1 N–H and O–H groups in total. The summed E-state index contributed by atoms with van der Waals surface area (Å²) >= 11 is 5.35. The minimum absolute atomic E-state index is 0.0809. The first-order valence-electron chi connectivity index (χ1n) is 5.02. The number of hydrogen-bond acceptors (Lipinski definition) is 3. The van der Waals surface area contributed by atoms with Crippen molar-refractivity contribution in [3.05, 3.63) is 30.3 Å². The van der Waals surface area contributed by atoms with Crippen molar-refractivity contribution in [2.45, 2.75) is 6.42 Å². The molecule has 0 aliphatic carbocycles. The van der Waals surface area contributed by atoms with E-state index in [1.54, 1.807) is 12.1 Å². The van der Waals surface area contributed by atoms with Gasteiger partial charge in [0.2, 0.25) is 5.91 Å². The van der Waals surface area contributed by atoms with E-state index in [0.29, 0.717) is 11.5 Å². The van der Waals surface area contributed by atoms with Crippen LogP contribution in [0.5, 0.6) is 0 Å². The van der Waals surface area contributed by atoms with Gasteiger partial charge in [0.1, 0.15) is 11.7 Å². The summed E-state index contributed by atoms with van der Waals surface area (Å²) in [5.74, 6) is -0.378. The lowest BCUT2D eigenvalue weighted by Gasteiger charge is -2.10. The molecule has 0 saturated carbocycles. The molecule has 0 bridgehead atoms. The smallest absolute Gasteiger partial charge is 0.255 e. The summed E-state index contributed by atoms with van der Waals surface area (Å²) in [4.78, 5) is 22.7. The molecule has 17 heavy (non-hydrogen) atoms. The molecule has 1 heterocycles. The largest absolute Gasteiger partial charge is 0.311 e. The van der Waals surface area contributed by atoms with Gasteiger partial charge in [-0.15, -0.1) is 11.6 Å². The highest BCUT2D eigenvalue weighted by molar-refractivity contribution is 6.29. The zero-order valence-electron chi connectivity index (χ0n) is 8.89. The number of rotatable bonds is 2. The van der Waals surface area contributed by atoms with E-state index in [2.05, 4.69) is 10.4 Å². The maximum absolute atomic E-state index is 11.7. The number of carbonyl (C=O) groups is 2. The molecule has 2 rings (SSSR count). The molecule has 88 valence electrons.